The number of nitrogens with one attached hydrogen (secondary N) is 3. The summed E-state index contributed by atoms with van der Waals surface area (Å²) in [7, 11) is -1.48. The summed E-state index contributed by atoms with van der Waals surface area (Å²) < 4.78 is 26.8. The van der Waals surface area contributed by atoms with Crippen LogP contribution in [0.2, 0.25) is 0 Å². The zero-order valence-electron chi connectivity index (χ0n) is 20.2. The van der Waals surface area contributed by atoms with Gasteiger partial charge < -0.3 is 10.2 Å². The Morgan fingerprint density at radius 1 is 1.03 bits per heavy atom. The van der Waals surface area contributed by atoms with Crippen LogP contribution in [0, 0.1) is 0 Å². The molecule has 0 radical (unpaired) electrons. The number of fused-ring (bicyclic) bond motifs is 1. The summed E-state index contributed by atoms with van der Waals surface area (Å²) in [5.74, 6) is 0. The lowest BCUT2D eigenvalue weighted by Crippen LogP contribution is -2.33. The number of aliphatic imine (C=N–C) groups is 1. The lowest BCUT2D eigenvalue weighted by atomic mass is 9.83. The van der Waals surface area contributed by atoms with Crippen LogP contribution in [0.5, 0.6) is 0 Å². The maximum atomic E-state index is 12.5. The largest absolute Gasteiger partial charge is 0.361 e. The van der Waals surface area contributed by atoms with Crippen LogP contribution in [0.25, 0.3) is 5.69 Å². The van der Waals surface area contributed by atoms with Gasteiger partial charge in [0.15, 0.2) is 0 Å². The van der Waals surface area contributed by atoms with Gasteiger partial charge in [0.1, 0.15) is 6.17 Å². The average molecular weight is 497 g/mol. The maximum absolute atomic E-state index is 12.5. The second kappa shape index (κ2) is 8.73. The van der Waals surface area contributed by atoms with Crippen molar-refractivity contribution in [1.82, 2.24) is 14.5 Å². The molecule has 1 atom stereocenters. The van der Waals surface area contributed by atoms with Crippen LogP contribution >= 0.6 is 0 Å². The first kappa shape index (κ1) is 24.3. The van der Waals surface area contributed by atoms with E-state index in [4.69, 9.17) is 4.99 Å². The summed E-state index contributed by atoms with van der Waals surface area (Å²) in [5, 5.41) is 3.47. The van der Waals surface area contributed by atoms with Crippen LogP contribution in [0.15, 0.2) is 63.2 Å². The molecule has 1 unspecified atom stereocenters. The minimum absolute atomic E-state index is 0.275. The van der Waals surface area contributed by atoms with E-state index in [0.717, 1.165) is 28.8 Å². The van der Waals surface area contributed by atoms with Crippen molar-refractivity contribution in [2.75, 3.05) is 23.3 Å². The molecule has 10 nitrogen and oxygen atoms in total. The molecule has 0 amide bonds. The second-order valence-electron chi connectivity index (χ2n) is 9.57. The van der Waals surface area contributed by atoms with E-state index in [-0.39, 0.29) is 11.6 Å². The molecule has 11 heteroatoms. The van der Waals surface area contributed by atoms with Crippen molar-refractivity contribution in [3.63, 3.8) is 0 Å². The molecule has 184 valence electrons. The van der Waals surface area contributed by atoms with E-state index in [1.807, 2.05) is 24.1 Å². The predicted molar refractivity (Wildman–Crippen MR) is 139 cm³/mol. The Hall–Kier alpha value is -3.86. The fourth-order valence-corrected chi connectivity index (χ4v) is 4.51. The van der Waals surface area contributed by atoms with Crippen LogP contribution < -0.4 is 21.3 Å². The lowest BCUT2D eigenvalue weighted by molar-refractivity contribution is 0.417. The zero-order valence-corrected chi connectivity index (χ0v) is 21.0. The average Bonchev–Trinajstić information content (AvgIpc) is 2.74. The SMILES string of the molecule is CN1C=Nc2c(cc(-n3ccc(=O)[nH]c3=O)cc2C(C)(C)C)C1Nc1ccc(NS(C)(=O)=O)cc1. The Morgan fingerprint density at radius 2 is 1.69 bits per heavy atom. The van der Waals surface area contributed by atoms with Gasteiger partial charge in [-0.2, -0.15) is 0 Å². The molecule has 1 aliphatic heterocycles. The number of rotatable bonds is 5. The minimum Gasteiger partial charge on any atom is -0.361 e. The first-order chi connectivity index (χ1) is 16.3. The number of hydrogen-bond donors (Lipinski definition) is 3. The van der Waals surface area contributed by atoms with Crippen LogP contribution in [0.3, 0.4) is 0 Å². The van der Waals surface area contributed by atoms with E-state index in [1.54, 1.807) is 30.6 Å². The van der Waals surface area contributed by atoms with Crippen LogP contribution in [0.1, 0.15) is 38.1 Å². The topological polar surface area (TPSA) is 129 Å². The van der Waals surface area contributed by atoms with E-state index in [0.29, 0.717) is 11.4 Å². The van der Waals surface area contributed by atoms with Crippen LogP contribution in [-0.4, -0.2) is 42.5 Å². The lowest BCUT2D eigenvalue weighted by Gasteiger charge is -2.35. The Morgan fingerprint density at radius 3 is 2.29 bits per heavy atom. The standard InChI is InChI=1S/C24H28N6O4S/c1-24(2,3)19-13-17(30-11-10-20(31)27-23(30)32)12-18-21(19)25-14-29(4)22(18)26-15-6-8-16(9-7-15)28-35(5,33)34/h6-14,22,26,28H,1-5H3,(H,27,31,32). The molecule has 1 aliphatic rings. The monoisotopic (exact) mass is 496 g/mol. The van der Waals surface area contributed by atoms with Gasteiger partial charge in [-0.25, -0.2) is 18.2 Å². The molecule has 1 aromatic heterocycles. The van der Waals surface area contributed by atoms with Gasteiger partial charge in [-0.15, -0.1) is 0 Å². The molecule has 0 bridgehead atoms. The van der Waals surface area contributed by atoms with Crippen LogP contribution in [0.4, 0.5) is 17.1 Å². The summed E-state index contributed by atoms with van der Waals surface area (Å²) >= 11 is 0. The van der Waals surface area contributed by atoms with Gasteiger partial charge in [-0.05, 0) is 47.4 Å². The second-order valence-corrected chi connectivity index (χ2v) is 11.3. The van der Waals surface area contributed by atoms with E-state index in [9.17, 15) is 18.0 Å². The van der Waals surface area contributed by atoms with Crippen molar-refractivity contribution in [2.24, 2.45) is 4.99 Å². The van der Waals surface area contributed by atoms with E-state index in [1.165, 1.54) is 16.8 Å². The van der Waals surface area contributed by atoms with Gasteiger partial charge >= 0.3 is 5.69 Å². The van der Waals surface area contributed by atoms with Gasteiger partial charge in [-0.1, -0.05) is 20.8 Å². The van der Waals surface area contributed by atoms with Gasteiger partial charge in [0.2, 0.25) is 10.0 Å². The normalized spacial score (nSPS) is 15.6. The molecular formula is C24H28N6O4S. The smallest absolute Gasteiger partial charge is 0.332 e. The van der Waals surface area contributed by atoms with Crippen molar-refractivity contribution in [3.05, 3.63) is 80.6 Å². The Bertz CT molecular complexity index is 1520. The van der Waals surface area contributed by atoms with Crippen molar-refractivity contribution in [2.45, 2.75) is 32.4 Å². The summed E-state index contributed by atoms with van der Waals surface area (Å²) in [6, 6.07) is 12.0. The zero-order chi connectivity index (χ0) is 25.5. The highest BCUT2D eigenvalue weighted by Crippen LogP contribution is 2.42. The summed E-state index contributed by atoms with van der Waals surface area (Å²) in [6.07, 6.45) is 3.99. The van der Waals surface area contributed by atoms with Crippen molar-refractivity contribution < 1.29 is 8.42 Å². The van der Waals surface area contributed by atoms with Crippen molar-refractivity contribution in [1.29, 1.82) is 0 Å². The molecule has 35 heavy (non-hydrogen) atoms. The predicted octanol–water partition coefficient (Wildman–Crippen LogP) is 2.91. The van der Waals surface area contributed by atoms with E-state index < -0.39 is 21.3 Å². The minimum atomic E-state index is -3.37. The van der Waals surface area contributed by atoms with Crippen molar-refractivity contribution in [3.8, 4) is 5.69 Å². The number of aromatic amines is 1. The molecule has 0 aliphatic carbocycles. The fourth-order valence-electron chi connectivity index (χ4n) is 3.95. The highest BCUT2D eigenvalue weighted by Gasteiger charge is 2.29. The van der Waals surface area contributed by atoms with Gasteiger partial charge in [-0.3, -0.25) is 19.1 Å². The first-order valence-electron chi connectivity index (χ1n) is 10.9. The number of H-pyrrole nitrogens is 1. The number of sulfonamides is 1. The Balaban J connectivity index is 1.80. The highest BCUT2D eigenvalue weighted by molar-refractivity contribution is 7.92. The van der Waals surface area contributed by atoms with Gasteiger partial charge in [0, 0.05) is 36.2 Å². The molecule has 3 aromatic rings. The molecule has 4 rings (SSSR count). The maximum Gasteiger partial charge on any atom is 0.332 e. The molecule has 0 saturated carbocycles. The molecule has 0 saturated heterocycles. The molecule has 0 spiro atoms. The number of benzene rings is 2. The quantitative estimate of drug-likeness (QED) is 0.498. The molecule has 2 aromatic carbocycles. The first-order valence-corrected chi connectivity index (χ1v) is 12.8. The molecular weight excluding hydrogens is 468 g/mol. The summed E-state index contributed by atoms with van der Waals surface area (Å²) in [4.78, 5) is 33.0. The third-order valence-electron chi connectivity index (χ3n) is 5.60. The summed E-state index contributed by atoms with van der Waals surface area (Å²) in [6.45, 7) is 6.23. The number of hydrogen-bond acceptors (Lipinski definition) is 7. The number of aromatic nitrogens is 2. The van der Waals surface area contributed by atoms with Gasteiger partial charge in [0.05, 0.1) is 24.0 Å². The third kappa shape index (κ3) is 5.29. The van der Waals surface area contributed by atoms with Gasteiger partial charge in [0.25, 0.3) is 5.56 Å². The Labute approximate surface area is 203 Å². The van der Waals surface area contributed by atoms with E-state index >= 15 is 0 Å². The van der Waals surface area contributed by atoms with Crippen LogP contribution in [-0.2, 0) is 15.4 Å². The Kier molecular flexibility index (Phi) is 6.05. The third-order valence-corrected chi connectivity index (χ3v) is 6.20. The number of nitrogens with zero attached hydrogens (tertiary/aromatic N) is 3. The molecule has 2 heterocycles. The highest BCUT2D eigenvalue weighted by atomic mass is 32.2. The fraction of sp³-hybridized carbons (Fsp3) is 0.292. The number of anilines is 2. The summed E-state index contributed by atoms with van der Waals surface area (Å²) in [5.41, 5.74) is 3.20. The molecule has 3 N–H and O–H groups in total. The van der Waals surface area contributed by atoms with Crippen molar-refractivity contribution >= 4 is 33.4 Å². The van der Waals surface area contributed by atoms with E-state index in [2.05, 4.69) is 35.8 Å². The molecule has 0 fully saturated rings.